The van der Waals surface area contributed by atoms with Crippen LogP contribution in [0.4, 0.5) is 4.79 Å². The second-order valence-electron chi connectivity index (χ2n) is 6.30. The summed E-state index contributed by atoms with van der Waals surface area (Å²) in [6.07, 6.45) is -0.565. The number of nitrogens with one attached hydrogen (secondary N) is 1. The minimum absolute atomic E-state index is 0.00629. The maximum absolute atomic E-state index is 12.8. The van der Waals surface area contributed by atoms with Gasteiger partial charge in [-0.1, -0.05) is 60.7 Å². The van der Waals surface area contributed by atoms with E-state index >= 15 is 0 Å². The van der Waals surface area contributed by atoms with Gasteiger partial charge in [0, 0.05) is 12.6 Å². The molecule has 0 fully saturated rings. The highest BCUT2D eigenvalue weighted by atomic mass is 16.3. The molecule has 1 atom stereocenters. The van der Waals surface area contributed by atoms with Crippen LogP contribution in [0.1, 0.15) is 37.9 Å². The van der Waals surface area contributed by atoms with Gasteiger partial charge in [-0.15, -0.1) is 0 Å². The minimum atomic E-state index is -0.565. The maximum atomic E-state index is 12.8. The smallest absolute Gasteiger partial charge is 0.318 e. The van der Waals surface area contributed by atoms with E-state index in [0.29, 0.717) is 6.54 Å². The fourth-order valence-electron chi connectivity index (χ4n) is 2.67. The Morgan fingerprint density at radius 1 is 0.958 bits per heavy atom. The summed E-state index contributed by atoms with van der Waals surface area (Å²) in [6.45, 7) is 5.89. The van der Waals surface area contributed by atoms with Crippen LogP contribution in [0, 0.1) is 0 Å². The van der Waals surface area contributed by atoms with E-state index in [4.69, 9.17) is 0 Å². The van der Waals surface area contributed by atoms with Crippen LogP contribution >= 0.6 is 0 Å². The molecule has 0 aromatic heterocycles. The van der Waals surface area contributed by atoms with Crippen molar-refractivity contribution in [1.29, 1.82) is 0 Å². The van der Waals surface area contributed by atoms with Gasteiger partial charge in [0.1, 0.15) is 0 Å². The molecule has 0 spiro atoms. The van der Waals surface area contributed by atoms with E-state index in [2.05, 4.69) is 5.32 Å². The molecule has 2 aromatic rings. The molecule has 128 valence electrons. The number of hydrogen-bond donors (Lipinski definition) is 2. The number of nitrogens with zero attached hydrogens (tertiary/aromatic N) is 1. The van der Waals surface area contributed by atoms with Crippen molar-refractivity contribution < 1.29 is 9.90 Å². The van der Waals surface area contributed by atoms with Gasteiger partial charge < -0.3 is 15.3 Å². The summed E-state index contributed by atoms with van der Waals surface area (Å²) in [4.78, 5) is 14.4. The second kappa shape index (κ2) is 8.50. The van der Waals surface area contributed by atoms with Crippen molar-refractivity contribution in [2.24, 2.45) is 0 Å². The van der Waals surface area contributed by atoms with Crippen LogP contribution in [-0.4, -0.2) is 34.7 Å². The molecule has 4 nitrogen and oxygen atoms in total. The SMILES string of the molecule is CC(O)CN(C(=O)NC(c1ccccc1)c1ccccc1)C(C)C. The van der Waals surface area contributed by atoms with Gasteiger partial charge in [0.05, 0.1) is 12.1 Å². The average molecular weight is 326 g/mol. The lowest BCUT2D eigenvalue weighted by Crippen LogP contribution is -2.48. The van der Waals surface area contributed by atoms with E-state index in [1.54, 1.807) is 11.8 Å². The predicted octanol–water partition coefficient (Wildman–Crippen LogP) is 3.58. The first-order valence-electron chi connectivity index (χ1n) is 8.34. The lowest BCUT2D eigenvalue weighted by Gasteiger charge is -2.30. The molecular weight excluding hydrogens is 300 g/mol. The summed E-state index contributed by atoms with van der Waals surface area (Å²) >= 11 is 0. The Morgan fingerprint density at radius 2 is 1.42 bits per heavy atom. The first-order valence-corrected chi connectivity index (χ1v) is 8.34. The number of hydrogen-bond acceptors (Lipinski definition) is 2. The third-order valence-corrected chi connectivity index (χ3v) is 3.88. The van der Waals surface area contributed by atoms with E-state index in [-0.39, 0.29) is 18.1 Å². The van der Waals surface area contributed by atoms with E-state index in [1.165, 1.54) is 0 Å². The first-order chi connectivity index (χ1) is 11.5. The van der Waals surface area contributed by atoms with E-state index in [0.717, 1.165) is 11.1 Å². The molecule has 0 aliphatic rings. The van der Waals surface area contributed by atoms with Gasteiger partial charge in [-0.3, -0.25) is 0 Å². The molecule has 0 aliphatic heterocycles. The van der Waals surface area contributed by atoms with Crippen molar-refractivity contribution >= 4 is 6.03 Å². The zero-order chi connectivity index (χ0) is 17.5. The van der Waals surface area contributed by atoms with Crippen LogP contribution in [0.25, 0.3) is 0 Å². The largest absolute Gasteiger partial charge is 0.392 e. The molecular formula is C20H26N2O2. The normalized spacial score (nSPS) is 12.2. The number of urea groups is 1. The third kappa shape index (κ3) is 4.83. The summed E-state index contributed by atoms with van der Waals surface area (Å²) in [5.74, 6) is 0. The number of aliphatic hydroxyl groups excluding tert-OH is 1. The topological polar surface area (TPSA) is 52.6 Å². The van der Waals surface area contributed by atoms with Crippen LogP contribution < -0.4 is 5.32 Å². The molecule has 1 unspecified atom stereocenters. The summed E-state index contributed by atoms with van der Waals surface area (Å²) in [7, 11) is 0. The zero-order valence-corrected chi connectivity index (χ0v) is 14.5. The second-order valence-corrected chi connectivity index (χ2v) is 6.30. The lowest BCUT2D eigenvalue weighted by atomic mass is 9.99. The number of rotatable bonds is 6. The number of carbonyl (C=O) groups is 1. The average Bonchev–Trinajstić information content (AvgIpc) is 2.58. The number of carbonyl (C=O) groups excluding carboxylic acids is 1. The summed E-state index contributed by atoms with van der Waals surface area (Å²) in [5.41, 5.74) is 2.05. The van der Waals surface area contributed by atoms with E-state index in [9.17, 15) is 9.90 Å². The predicted molar refractivity (Wildman–Crippen MR) is 96.8 cm³/mol. The molecule has 0 saturated heterocycles. The molecule has 24 heavy (non-hydrogen) atoms. The quantitative estimate of drug-likeness (QED) is 0.852. The summed E-state index contributed by atoms with van der Waals surface area (Å²) in [5, 5.41) is 12.8. The Balaban J connectivity index is 2.27. The van der Waals surface area contributed by atoms with Gasteiger partial charge >= 0.3 is 6.03 Å². The highest BCUT2D eigenvalue weighted by Gasteiger charge is 2.23. The third-order valence-electron chi connectivity index (χ3n) is 3.88. The van der Waals surface area contributed by atoms with Gasteiger partial charge in [0.2, 0.25) is 0 Å². The molecule has 0 aliphatic carbocycles. The number of aliphatic hydroxyl groups is 1. The Morgan fingerprint density at radius 3 is 1.79 bits per heavy atom. The van der Waals surface area contributed by atoms with Gasteiger partial charge in [-0.05, 0) is 31.9 Å². The molecule has 4 heteroatoms. The molecule has 2 N–H and O–H groups in total. The van der Waals surface area contributed by atoms with Crippen LogP contribution in [0.2, 0.25) is 0 Å². The van der Waals surface area contributed by atoms with Crippen molar-refractivity contribution in [3.8, 4) is 0 Å². The van der Waals surface area contributed by atoms with Crippen LogP contribution in [0.3, 0.4) is 0 Å². The lowest BCUT2D eigenvalue weighted by molar-refractivity contribution is 0.118. The molecule has 2 rings (SSSR count). The molecule has 0 radical (unpaired) electrons. The number of benzene rings is 2. The van der Waals surface area contributed by atoms with Crippen molar-refractivity contribution in [1.82, 2.24) is 10.2 Å². The molecule has 2 aromatic carbocycles. The fourth-order valence-corrected chi connectivity index (χ4v) is 2.67. The van der Waals surface area contributed by atoms with Crippen molar-refractivity contribution in [2.45, 2.75) is 39.0 Å². The molecule has 0 bridgehead atoms. The van der Waals surface area contributed by atoms with Crippen molar-refractivity contribution in [3.63, 3.8) is 0 Å². The van der Waals surface area contributed by atoms with Crippen LogP contribution in [0.15, 0.2) is 60.7 Å². The molecule has 2 amide bonds. The monoisotopic (exact) mass is 326 g/mol. The van der Waals surface area contributed by atoms with E-state index < -0.39 is 6.10 Å². The minimum Gasteiger partial charge on any atom is -0.392 e. The summed E-state index contributed by atoms with van der Waals surface area (Å²) in [6, 6.07) is 19.4. The molecule has 0 saturated carbocycles. The van der Waals surface area contributed by atoms with E-state index in [1.807, 2.05) is 74.5 Å². The fraction of sp³-hybridized carbons (Fsp3) is 0.350. The van der Waals surface area contributed by atoms with Crippen molar-refractivity contribution in [3.05, 3.63) is 71.8 Å². The zero-order valence-electron chi connectivity index (χ0n) is 14.5. The van der Waals surface area contributed by atoms with Crippen LogP contribution in [-0.2, 0) is 0 Å². The Bertz CT molecular complexity index is 587. The van der Waals surface area contributed by atoms with Gasteiger partial charge in [-0.2, -0.15) is 0 Å². The Hall–Kier alpha value is -2.33. The maximum Gasteiger partial charge on any atom is 0.318 e. The first kappa shape index (κ1) is 18.0. The Kier molecular flexibility index (Phi) is 6.38. The van der Waals surface area contributed by atoms with Crippen LogP contribution in [0.5, 0.6) is 0 Å². The van der Waals surface area contributed by atoms with Gasteiger partial charge in [0.15, 0.2) is 0 Å². The highest BCUT2D eigenvalue weighted by molar-refractivity contribution is 5.75. The van der Waals surface area contributed by atoms with Gasteiger partial charge in [-0.25, -0.2) is 4.79 Å². The number of amides is 2. The molecule has 0 heterocycles. The standard InChI is InChI=1S/C20H26N2O2/c1-15(2)22(14-16(3)23)20(24)21-19(17-10-6-4-7-11-17)18-12-8-5-9-13-18/h4-13,15-16,19,23H,14H2,1-3H3,(H,21,24). The Labute approximate surface area is 144 Å². The van der Waals surface area contributed by atoms with Crippen molar-refractivity contribution in [2.75, 3.05) is 6.54 Å². The van der Waals surface area contributed by atoms with Gasteiger partial charge in [0.25, 0.3) is 0 Å². The summed E-state index contributed by atoms with van der Waals surface area (Å²) < 4.78 is 0. The highest BCUT2D eigenvalue weighted by Crippen LogP contribution is 2.22.